The first-order valence-electron chi connectivity index (χ1n) is 11.5. The van der Waals surface area contributed by atoms with Crippen LogP contribution in [-0.2, 0) is 4.79 Å². The number of ether oxygens (including phenoxy) is 1. The largest absolute Gasteiger partial charge is 0.494 e. The number of hydrogen-bond acceptors (Lipinski definition) is 4. The van der Waals surface area contributed by atoms with Crippen LogP contribution in [0.2, 0.25) is 10.0 Å². The van der Waals surface area contributed by atoms with Gasteiger partial charge in [-0.05, 0) is 59.9 Å². The summed E-state index contributed by atoms with van der Waals surface area (Å²) in [4.78, 5) is 20.4. The molecule has 1 amide bonds. The number of nitrogens with one attached hydrogen (secondary N) is 1. The van der Waals surface area contributed by atoms with Crippen LogP contribution < -0.4 is 9.64 Å². The van der Waals surface area contributed by atoms with Crippen molar-refractivity contribution in [2.45, 2.75) is 26.8 Å². The van der Waals surface area contributed by atoms with E-state index in [1.54, 1.807) is 12.0 Å². The van der Waals surface area contributed by atoms with Gasteiger partial charge in [-0.3, -0.25) is 20.1 Å². The summed E-state index contributed by atoms with van der Waals surface area (Å²) in [5.41, 5.74) is 5.65. The Morgan fingerprint density at radius 2 is 1.86 bits per heavy atom. The summed E-state index contributed by atoms with van der Waals surface area (Å²) in [6.45, 7) is 6.03. The number of para-hydroxylation sites is 2. The van der Waals surface area contributed by atoms with Crippen molar-refractivity contribution < 1.29 is 9.53 Å². The lowest BCUT2D eigenvalue weighted by atomic mass is 9.79. The predicted molar refractivity (Wildman–Crippen MR) is 143 cm³/mol. The van der Waals surface area contributed by atoms with Crippen molar-refractivity contribution in [3.05, 3.63) is 75.8 Å². The molecule has 2 aliphatic heterocycles. The number of nitrogens with zero attached hydrogens (tertiary/aromatic N) is 2. The molecule has 1 fully saturated rings. The molecule has 0 aliphatic carbocycles. The molecule has 2 atom stereocenters. The molecule has 3 aromatic rings. The monoisotopic (exact) mass is 505 g/mol. The van der Waals surface area contributed by atoms with Crippen molar-refractivity contribution in [1.29, 1.82) is 5.41 Å². The van der Waals surface area contributed by atoms with Gasteiger partial charge in [-0.15, -0.1) is 0 Å². The predicted octanol–water partition coefficient (Wildman–Crippen LogP) is 7.44. The Bertz CT molecular complexity index is 1410. The highest BCUT2D eigenvalue weighted by Gasteiger charge is 2.52. The molecule has 0 spiro atoms. The molecule has 0 aromatic heterocycles. The third-order valence-electron chi connectivity index (χ3n) is 6.77. The molecule has 2 unspecified atom stereocenters. The molecule has 1 N–H and O–H groups in total. The minimum atomic E-state index is -0.543. The minimum absolute atomic E-state index is 0.0179. The van der Waals surface area contributed by atoms with Gasteiger partial charge in [0.05, 0.1) is 29.8 Å². The van der Waals surface area contributed by atoms with E-state index in [0.29, 0.717) is 21.5 Å². The normalized spacial score (nSPS) is 19.1. The second kappa shape index (κ2) is 8.81. The quantitative estimate of drug-likeness (QED) is 0.374. The highest BCUT2D eigenvalue weighted by molar-refractivity contribution is 6.50. The number of methoxy groups -OCH3 is 1. The van der Waals surface area contributed by atoms with Crippen molar-refractivity contribution in [3.63, 3.8) is 0 Å². The summed E-state index contributed by atoms with van der Waals surface area (Å²) in [5.74, 6) is -0.253. The lowest BCUT2D eigenvalue weighted by molar-refractivity contribution is -0.112. The first kappa shape index (κ1) is 23.6. The number of hydrogen-bond donors (Lipinski definition) is 1. The van der Waals surface area contributed by atoms with Gasteiger partial charge in [0.2, 0.25) is 0 Å². The Labute approximate surface area is 214 Å². The van der Waals surface area contributed by atoms with Gasteiger partial charge in [-0.2, -0.15) is 0 Å². The van der Waals surface area contributed by atoms with Crippen molar-refractivity contribution in [1.82, 2.24) is 0 Å². The molecule has 35 heavy (non-hydrogen) atoms. The molecule has 5 rings (SSSR count). The molecule has 0 radical (unpaired) electrons. The molecule has 178 valence electrons. The number of fused-ring (bicyclic) bond motifs is 6. The Balaban J connectivity index is 1.78. The molecule has 5 nitrogen and oxygen atoms in total. The summed E-state index contributed by atoms with van der Waals surface area (Å²) >= 11 is 13.1. The number of anilines is 1. The molecule has 2 aliphatic rings. The average molecular weight is 506 g/mol. The van der Waals surface area contributed by atoms with Crippen molar-refractivity contribution in [3.8, 4) is 16.9 Å². The van der Waals surface area contributed by atoms with Gasteiger partial charge in [-0.25, -0.2) is 0 Å². The van der Waals surface area contributed by atoms with Crippen LogP contribution >= 0.6 is 23.2 Å². The Kier molecular flexibility index (Phi) is 5.94. The molecule has 2 heterocycles. The lowest BCUT2D eigenvalue weighted by Gasteiger charge is -2.37. The van der Waals surface area contributed by atoms with Crippen LogP contribution in [0.4, 0.5) is 11.4 Å². The third-order valence-corrected chi connectivity index (χ3v) is 7.32. The average Bonchev–Trinajstić information content (AvgIpc) is 3.09. The maximum atomic E-state index is 13.7. The molecule has 3 aromatic carbocycles. The van der Waals surface area contributed by atoms with E-state index >= 15 is 0 Å². The summed E-state index contributed by atoms with van der Waals surface area (Å²) < 4.78 is 5.52. The van der Waals surface area contributed by atoms with Gasteiger partial charge in [0.25, 0.3) is 5.91 Å². The zero-order chi connectivity index (χ0) is 25.0. The van der Waals surface area contributed by atoms with Crippen molar-refractivity contribution in [2.24, 2.45) is 16.8 Å². The highest BCUT2D eigenvalue weighted by atomic mass is 35.5. The smallest absolute Gasteiger partial charge is 0.273 e. The number of aliphatic imine (C=N–C) groups is 1. The first-order valence-corrected chi connectivity index (χ1v) is 12.2. The Morgan fingerprint density at radius 3 is 2.57 bits per heavy atom. The summed E-state index contributed by atoms with van der Waals surface area (Å²) in [6, 6.07) is 16.5. The Morgan fingerprint density at radius 1 is 1.11 bits per heavy atom. The van der Waals surface area contributed by atoms with Crippen molar-refractivity contribution in [2.75, 3.05) is 12.0 Å². The zero-order valence-corrected chi connectivity index (χ0v) is 21.4. The SMILES string of the molecule is COc1ccccc1N=C(C(C)C)C1C(=N)C(=O)N2c3c(C)ccc(Cl)c3-c3cc(Cl)ccc3C12. The standard InChI is InChI=1S/C28H25Cl2N3O2/c1-14(2)25(32-20-7-5-6-8-21(20)35-4)23-24(31)28(34)33-26-15(3)9-12-19(30)22(26)18-13-16(29)10-11-17(18)27(23)33/h5-14,23,27,31H,1-4H3. The van der Waals surface area contributed by atoms with Crippen LogP contribution in [0.25, 0.3) is 11.1 Å². The number of carbonyl (C=O) groups excluding carboxylic acids is 1. The van der Waals surface area contributed by atoms with Crippen LogP contribution in [0.5, 0.6) is 5.75 Å². The molecular formula is C28H25Cl2N3O2. The van der Waals surface area contributed by atoms with Crippen LogP contribution in [0, 0.1) is 24.2 Å². The van der Waals surface area contributed by atoms with Crippen LogP contribution in [0.15, 0.2) is 59.6 Å². The van der Waals surface area contributed by atoms with Crippen LogP contribution in [-0.4, -0.2) is 24.4 Å². The zero-order valence-electron chi connectivity index (χ0n) is 19.9. The van der Waals surface area contributed by atoms with E-state index in [1.807, 2.05) is 75.4 Å². The van der Waals surface area contributed by atoms with Gasteiger partial charge >= 0.3 is 0 Å². The third kappa shape index (κ3) is 3.65. The second-order valence-corrected chi connectivity index (χ2v) is 10.0. The summed E-state index contributed by atoms with van der Waals surface area (Å²) in [7, 11) is 1.61. The minimum Gasteiger partial charge on any atom is -0.494 e. The lowest BCUT2D eigenvalue weighted by Crippen LogP contribution is -2.35. The van der Waals surface area contributed by atoms with E-state index in [9.17, 15) is 4.79 Å². The molecular weight excluding hydrogens is 481 g/mol. The van der Waals surface area contributed by atoms with Gasteiger partial charge in [-0.1, -0.05) is 61.3 Å². The van der Waals surface area contributed by atoms with E-state index in [-0.39, 0.29) is 17.5 Å². The van der Waals surface area contributed by atoms with Crippen LogP contribution in [0.3, 0.4) is 0 Å². The van der Waals surface area contributed by atoms with E-state index in [1.165, 1.54) is 0 Å². The topological polar surface area (TPSA) is 65.8 Å². The maximum Gasteiger partial charge on any atom is 0.273 e. The summed E-state index contributed by atoms with van der Waals surface area (Å²) in [5, 5.41) is 10.1. The van der Waals surface area contributed by atoms with Gasteiger partial charge < -0.3 is 4.74 Å². The molecule has 7 heteroatoms. The fraction of sp³-hybridized carbons (Fsp3) is 0.250. The summed E-state index contributed by atoms with van der Waals surface area (Å²) in [6.07, 6.45) is 0. The fourth-order valence-corrected chi connectivity index (χ4v) is 5.65. The highest BCUT2D eigenvalue weighted by Crippen LogP contribution is 2.55. The molecule has 0 saturated carbocycles. The fourth-order valence-electron chi connectivity index (χ4n) is 5.22. The molecule has 1 saturated heterocycles. The Hall–Kier alpha value is -3.15. The number of aryl methyl sites for hydroxylation is 1. The first-order chi connectivity index (χ1) is 16.7. The maximum absolute atomic E-state index is 13.7. The number of rotatable bonds is 4. The number of amides is 1. The van der Waals surface area contributed by atoms with Gasteiger partial charge in [0.1, 0.15) is 17.1 Å². The molecule has 0 bridgehead atoms. The number of benzene rings is 3. The second-order valence-electron chi connectivity index (χ2n) is 9.19. The van der Waals surface area contributed by atoms with Crippen molar-refractivity contribution >= 4 is 51.9 Å². The van der Waals surface area contributed by atoms with Crippen LogP contribution in [0.1, 0.15) is 31.0 Å². The van der Waals surface area contributed by atoms with E-state index in [0.717, 1.165) is 33.7 Å². The van der Waals surface area contributed by atoms with E-state index in [2.05, 4.69) is 0 Å². The van der Waals surface area contributed by atoms with E-state index in [4.69, 9.17) is 38.3 Å². The van der Waals surface area contributed by atoms with E-state index < -0.39 is 12.0 Å². The van der Waals surface area contributed by atoms with Gasteiger partial charge in [0.15, 0.2) is 0 Å². The van der Waals surface area contributed by atoms with Gasteiger partial charge in [0, 0.05) is 16.3 Å². The number of halogens is 2. The number of carbonyl (C=O) groups is 1.